The normalized spacial score (nSPS) is 20.2. The Kier molecular flexibility index (Phi) is 4.08. The molecule has 0 spiro atoms. The number of aromatic nitrogens is 4. The van der Waals surface area contributed by atoms with Crippen molar-refractivity contribution in [1.82, 2.24) is 25.3 Å². The van der Waals surface area contributed by atoms with E-state index in [0.717, 1.165) is 16.8 Å². The lowest BCUT2D eigenvalue weighted by molar-refractivity contribution is -0.00697. The zero-order valence-corrected chi connectivity index (χ0v) is 13.7. The number of aryl methyl sites for hydroxylation is 1. The number of amides is 1. The predicted molar refractivity (Wildman–Crippen MR) is 82.2 cm³/mol. The van der Waals surface area contributed by atoms with Crippen molar-refractivity contribution in [1.29, 1.82) is 0 Å². The van der Waals surface area contributed by atoms with Crippen LogP contribution in [0.4, 0.5) is 0 Å². The topological polar surface area (TPSA) is 94.1 Å². The van der Waals surface area contributed by atoms with Gasteiger partial charge in [-0.15, -0.1) is 5.10 Å². The first-order chi connectivity index (χ1) is 11.0. The molecular weight excluding hydrogens is 298 g/mol. The van der Waals surface area contributed by atoms with E-state index in [-0.39, 0.29) is 18.1 Å². The molecule has 8 heteroatoms. The Morgan fingerprint density at radius 1 is 1.57 bits per heavy atom. The number of fused-ring (bicyclic) bond motifs is 1. The summed E-state index contributed by atoms with van der Waals surface area (Å²) in [7, 11) is 3.36. The lowest BCUT2D eigenvalue weighted by Gasteiger charge is -2.25. The van der Waals surface area contributed by atoms with Gasteiger partial charge in [-0.3, -0.25) is 14.6 Å². The van der Waals surface area contributed by atoms with E-state index in [1.807, 2.05) is 20.0 Å². The summed E-state index contributed by atoms with van der Waals surface area (Å²) in [6, 6.07) is 0. The highest BCUT2D eigenvalue weighted by atomic mass is 16.5. The molecule has 1 aliphatic heterocycles. The Bertz CT molecular complexity index is 721. The van der Waals surface area contributed by atoms with Crippen molar-refractivity contribution in [3.8, 4) is 5.88 Å². The van der Waals surface area contributed by atoms with Crippen molar-refractivity contribution < 1.29 is 14.3 Å². The molecule has 0 saturated heterocycles. The van der Waals surface area contributed by atoms with Gasteiger partial charge in [-0.05, 0) is 13.8 Å². The zero-order valence-electron chi connectivity index (χ0n) is 13.7. The highest BCUT2D eigenvalue weighted by Gasteiger charge is 2.29. The van der Waals surface area contributed by atoms with E-state index >= 15 is 0 Å². The molecule has 0 bridgehead atoms. The zero-order chi connectivity index (χ0) is 16.6. The van der Waals surface area contributed by atoms with E-state index in [4.69, 9.17) is 9.47 Å². The summed E-state index contributed by atoms with van der Waals surface area (Å²) < 4.78 is 12.6. The highest BCUT2D eigenvalue weighted by molar-refractivity contribution is 5.94. The molecule has 0 saturated carbocycles. The monoisotopic (exact) mass is 319 g/mol. The molecule has 0 aliphatic carbocycles. The van der Waals surface area contributed by atoms with E-state index in [0.29, 0.717) is 24.5 Å². The molecule has 1 amide bonds. The van der Waals surface area contributed by atoms with Gasteiger partial charge in [0.1, 0.15) is 0 Å². The third-order valence-corrected chi connectivity index (χ3v) is 3.95. The van der Waals surface area contributed by atoms with Crippen molar-refractivity contribution in [2.24, 2.45) is 7.05 Å². The van der Waals surface area contributed by atoms with Crippen LogP contribution in [0.1, 0.15) is 47.3 Å². The quantitative estimate of drug-likeness (QED) is 0.880. The Labute approximate surface area is 134 Å². The highest BCUT2D eigenvalue weighted by Crippen LogP contribution is 2.30. The lowest BCUT2D eigenvalue weighted by Crippen LogP contribution is -2.27. The Balaban J connectivity index is 1.74. The van der Waals surface area contributed by atoms with Crippen LogP contribution in [0.2, 0.25) is 0 Å². The average molecular weight is 319 g/mol. The van der Waals surface area contributed by atoms with E-state index < -0.39 is 0 Å². The minimum Gasteiger partial charge on any atom is -0.480 e. The molecule has 0 radical (unpaired) electrons. The molecule has 2 N–H and O–H groups in total. The maximum absolute atomic E-state index is 12.5. The van der Waals surface area contributed by atoms with E-state index in [2.05, 4.69) is 20.6 Å². The van der Waals surface area contributed by atoms with Gasteiger partial charge in [0.05, 0.1) is 37.1 Å². The number of hydrogen-bond donors (Lipinski definition) is 2. The molecule has 0 aromatic carbocycles. The average Bonchev–Trinajstić information content (AvgIpc) is 3.08. The molecule has 23 heavy (non-hydrogen) atoms. The van der Waals surface area contributed by atoms with Gasteiger partial charge in [0.25, 0.3) is 5.91 Å². The van der Waals surface area contributed by atoms with Gasteiger partial charge in [-0.1, -0.05) is 0 Å². The second-order valence-electron chi connectivity index (χ2n) is 5.78. The summed E-state index contributed by atoms with van der Waals surface area (Å²) >= 11 is 0. The van der Waals surface area contributed by atoms with Gasteiger partial charge >= 0.3 is 0 Å². The number of aromatic amines is 1. The summed E-state index contributed by atoms with van der Waals surface area (Å²) in [6.45, 7) is 4.28. The smallest absolute Gasteiger partial charge is 0.272 e. The van der Waals surface area contributed by atoms with E-state index in [1.54, 1.807) is 18.8 Å². The van der Waals surface area contributed by atoms with Crippen molar-refractivity contribution in [3.63, 3.8) is 0 Å². The maximum Gasteiger partial charge on any atom is 0.272 e. The van der Waals surface area contributed by atoms with Crippen molar-refractivity contribution in [3.05, 3.63) is 28.7 Å². The van der Waals surface area contributed by atoms with Crippen LogP contribution >= 0.6 is 0 Å². The Hall–Kier alpha value is -2.35. The summed E-state index contributed by atoms with van der Waals surface area (Å²) in [5.74, 6) is 0.294. The molecular formula is C15H21N5O3. The molecule has 0 unspecified atom stereocenters. The number of carbonyl (C=O) groups excluding carboxylic acids is 1. The molecule has 124 valence electrons. The van der Waals surface area contributed by atoms with Crippen LogP contribution in [0.15, 0.2) is 6.20 Å². The van der Waals surface area contributed by atoms with Gasteiger partial charge in [0.15, 0.2) is 5.69 Å². The first-order valence-corrected chi connectivity index (χ1v) is 7.57. The van der Waals surface area contributed by atoms with Crippen molar-refractivity contribution in [2.75, 3.05) is 7.11 Å². The largest absolute Gasteiger partial charge is 0.480 e. The molecule has 0 fully saturated rings. The molecule has 2 atom stereocenters. The molecule has 2 aromatic heterocycles. The van der Waals surface area contributed by atoms with Crippen LogP contribution < -0.4 is 10.1 Å². The number of rotatable bonds is 4. The third kappa shape index (κ3) is 2.94. The van der Waals surface area contributed by atoms with Gasteiger partial charge < -0.3 is 14.8 Å². The molecule has 2 aromatic rings. The SMILES string of the molecule is COc1nn(C)cc1CNC(=O)c1n[nH]c2c1C[C@H](C)O[C@@H]2C. The van der Waals surface area contributed by atoms with Gasteiger partial charge in [-0.25, -0.2) is 0 Å². The van der Waals surface area contributed by atoms with E-state index in [1.165, 1.54) is 0 Å². The fourth-order valence-corrected chi connectivity index (χ4v) is 2.93. The first-order valence-electron chi connectivity index (χ1n) is 7.57. The van der Waals surface area contributed by atoms with Crippen LogP contribution in [0.5, 0.6) is 5.88 Å². The standard InChI is InChI=1S/C15H21N5O3/c1-8-5-11-12(9(2)23-8)17-18-13(11)14(21)16-6-10-7-20(3)19-15(10)22-4/h7-9H,5-6H2,1-4H3,(H,16,21)(H,17,18)/t8-,9+/m0/s1. The van der Waals surface area contributed by atoms with Crippen LogP contribution in [0.25, 0.3) is 0 Å². The molecule has 3 heterocycles. The van der Waals surface area contributed by atoms with Crippen LogP contribution in [0.3, 0.4) is 0 Å². The molecule has 1 aliphatic rings. The summed E-state index contributed by atoms with van der Waals surface area (Å²) in [5, 5.41) is 14.1. The van der Waals surface area contributed by atoms with Crippen LogP contribution in [-0.4, -0.2) is 39.1 Å². The number of ether oxygens (including phenoxy) is 2. The summed E-state index contributed by atoms with van der Waals surface area (Å²) in [4.78, 5) is 12.5. The van der Waals surface area contributed by atoms with Crippen LogP contribution in [0, 0.1) is 0 Å². The second kappa shape index (κ2) is 6.04. The van der Waals surface area contributed by atoms with Crippen molar-refractivity contribution in [2.45, 2.75) is 39.0 Å². The number of nitrogens with one attached hydrogen (secondary N) is 2. The third-order valence-electron chi connectivity index (χ3n) is 3.95. The summed E-state index contributed by atoms with van der Waals surface area (Å²) in [5.41, 5.74) is 3.07. The fourth-order valence-electron chi connectivity index (χ4n) is 2.93. The minimum absolute atomic E-state index is 0.0695. The van der Waals surface area contributed by atoms with Crippen LogP contribution in [-0.2, 0) is 24.8 Å². The first kappa shape index (κ1) is 15.5. The number of nitrogens with zero attached hydrogens (tertiary/aromatic N) is 3. The predicted octanol–water partition coefficient (Wildman–Crippen LogP) is 1.10. The Morgan fingerprint density at radius 3 is 3.09 bits per heavy atom. The fraction of sp³-hybridized carbons (Fsp3) is 0.533. The van der Waals surface area contributed by atoms with Gasteiger partial charge in [0.2, 0.25) is 5.88 Å². The maximum atomic E-state index is 12.5. The number of methoxy groups -OCH3 is 1. The van der Waals surface area contributed by atoms with Gasteiger partial charge in [-0.2, -0.15) is 5.10 Å². The number of carbonyl (C=O) groups is 1. The second-order valence-corrected chi connectivity index (χ2v) is 5.78. The Morgan fingerprint density at radius 2 is 2.35 bits per heavy atom. The molecule has 8 nitrogen and oxygen atoms in total. The minimum atomic E-state index is -0.213. The van der Waals surface area contributed by atoms with Gasteiger partial charge in [0, 0.05) is 25.2 Å². The lowest BCUT2D eigenvalue weighted by atomic mass is 9.99. The molecule has 3 rings (SSSR count). The number of hydrogen-bond acceptors (Lipinski definition) is 5. The van der Waals surface area contributed by atoms with Crippen molar-refractivity contribution >= 4 is 5.91 Å². The van der Waals surface area contributed by atoms with E-state index in [9.17, 15) is 4.79 Å². The number of H-pyrrole nitrogens is 1. The summed E-state index contributed by atoms with van der Waals surface area (Å²) in [6.07, 6.45) is 2.48.